The molecule has 1 aliphatic carbocycles. The predicted molar refractivity (Wildman–Crippen MR) is 89.8 cm³/mol. The number of nitrogens with one attached hydrogen (secondary N) is 1. The van der Waals surface area contributed by atoms with Gasteiger partial charge in [-0.1, -0.05) is 0 Å². The summed E-state index contributed by atoms with van der Waals surface area (Å²) in [4.78, 5) is 14.5. The smallest absolute Gasteiger partial charge is 0.283 e. The molecule has 0 bridgehead atoms. The van der Waals surface area contributed by atoms with Gasteiger partial charge >= 0.3 is 0 Å². The van der Waals surface area contributed by atoms with Gasteiger partial charge in [-0.3, -0.25) is 4.79 Å². The molecule has 1 heterocycles. The molecule has 0 radical (unpaired) electrons. The van der Waals surface area contributed by atoms with Crippen LogP contribution in [0.25, 0.3) is 0 Å². The van der Waals surface area contributed by atoms with Crippen molar-refractivity contribution in [2.45, 2.75) is 45.7 Å². The molecule has 0 unspecified atom stereocenters. The zero-order chi connectivity index (χ0) is 15.4. The van der Waals surface area contributed by atoms with Crippen LogP contribution in [0.2, 0.25) is 0 Å². The summed E-state index contributed by atoms with van der Waals surface area (Å²) in [5, 5.41) is 7.56. The van der Waals surface area contributed by atoms with Gasteiger partial charge in [0.2, 0.25) is 0 Å². The van der Waals surface area contributed by atoms with E-state index in [0.29, 0.717) is 16.4 Å². The normalized spacial score (nSPS) is 15.0. The Morgan fingerprint density at radius 3 is 2.86 bits per heavy atom. The van der Waals surface area contributed by atoms with E-state index in [2.05, 4.69) is 52.1 Å². The van der Waals surface area contributed by atoms with Crippen molar-refractivity contribution in [3.8, 4) is 0 Å². The summed E-state index contributed by atoms with van der Waals surface area (Å²) < 4.78 is 2.16. The molecule has 6 heteroatoms. The van der Waals surface area contributed by atoms with E-state index in [1.165, 1.54) is 12.8 Å². The van der Waals surface area contributed by atoms with Crippen LogP contribution in [0.5, 0.6) is 0 Å². The van der Waals surface area contributed by atoms with E-state index in [-0.39, 0.29) is 5.56 Å². The molecule has 1 fully saturated rings. The van der Waals surface area contributed by atoms with Gasteiger partial charge in [0.1, 0.15) is 4.47 Å². The molecule has 0 amide bonds. The number of anilines is 1. The van der Waals surface area contributed by atoms with Crippen LogP contribution in [-0.2, 0) is 6.54 Å². The molecule has 0 atom stereocenters. The second-order valence-electron chi connectivity index (χ2n) is 6.16. The lowest BCUT2D eigenvalue weighted by atomic mass is 10.3. The molecule has 2 rings (SSSR count). The van der Waals surface area contributed by atoms with Crippen LogP contribution in [0.1, 0.15) is 33.1 Å². The molecule has 118 valence electrons. The van der Waals surface area contributed by atoms with E-state index in [4.69, 9.17) is 0 Å². The third kappa shape index (κ3) is 4.81. The van der Waals surface area contributed by atoms with Crippen molar-refractivity contribution < 1.29 is 0 Å². The van der Waals surface area contributed by atoms with Gasteiger partial charge in [-0.25, -0.2) is 4.68 Å². The molecule has 1 saturated carbocycles. The Hall–Kier alpha value is -0.880. The fraction of sp³-hybridized carbons (Fsp3) is 0.733. The Kier molecular flexibility index (Phi) is 5.81. The summed E-state index contributed by atoms with van der Waals surface area (Å²) in [7, 11) is 2.13. The average molecular weight is 357 g/mol. The van der Waals surface area contributed by atoms with Crippen LogP contribution < -0.4 is 10.9 Å². The van der Waals surface area contributed by atoms with E-state index in [9.17, 15) is 4.79 Å². The number of halogens is 1. The average Bonchev–Trinajstić information content (AvgIpc) is 3.25. The van der Waals surface area contributed by atoms with Gasteiger partial charge in [0, 0.05) is 19.1 Å². The van der Waals surface area contributed by atoms with Crippen LogP contribution >= 0.6 is 15.9 Å². The molecule has 0 aliphatic heterocycles. The highest BCUT2D eigenvalue weighted by atomic mass is 79.9. The van der Waals surface area contributed by atoms with Gasteiger partial charge in [-0.05, 0) is 68.6 Å². The fourth-order valence-electron chi connectivity index (χ4n) is 2.07. The largest absolute Gasteiger partial charge is 0.383 e. The van der Waals surface area contributed by atoms with Gasteiger partial charge in [0.25, 0.3) is 5.56 Å². The zero-order valence-corrected chi connectivity index (χ0v) is 14.7. The Balaban J connectivity index is 1.85. The van der Waals surface area contributed by atoms with E-state index in [0.717, 1.165) is 31.7 Å². The number of hydrogen-bond donors (Lipinski definition) is 1. The maximum atomic E-state index is 12.2. The zero-order valence-electron chi connectivity index (χ0n) is 13.1. The van der Waals surface area contributed by atoms with Crippen molar-refractivity contribution in [2.75, 3.05) is 25.5 Å². The third-order valence-electron chi connectivity index (χ3n) is 4.00. The number of rotatable bonds is 8. The molecular weight excluding hydrogens is 332 g/mol. The van der Waals surface area contributed by atoms with Gasteiger partial charge in [-0.2, -0.15) is 5.10 Å². The van der Waals surface area contributed by atoms with Crippen molar-refractivity contribution in [1.29, 1.82) is 0 Å². The van der Waals surface area contributed by atoms with Gasteiger partial charge in [0.15, 0.2) is 0 Å². The fourth-order valence-corrected chi connectivity index (χ4v) is 2.52. The molecule has 1 N–H and O–H groups in total. The van der Waals surface area contributed by atoms with E-state index in [1.54, 1.807) is 10.9 Å². The highest BCUT2D eigenvalue weighted by Gasteiger charge is 2.23. The van der Waals surface area contributed by atoms with Crippen LogP contribution in [0.15, 0.2) is 15.5 Å². The molecule has 1 aliphatic rings. The minimum atomic E-state index is -0.0359. The third-order valence-corrected chi connectivity index (χ3v) is 4.76. The summed E-state index contributed by atoms with van der Waals surface area (Å²) in [6.07, 6.45) is 5.22. The van der Waals surface area contributed by atoms with E-state index < -0.39 is 0 Å². The molecule has 21 heavy (non-hydrogen) atoms. The number of nitrogens with zero attached hydrogens (tertiary/aromatic N) is 3. The highest BCUT2D eigenvalue weighted by Crippen LogP contribution is 2.30. The Morgan fingerprint density at radius 2 is 2.24 bits per heavy atom. The molecule has 0 spiro atoms. The van der Waals surface area contributed by atoms with Crippen LogP contribution in [0.3, 0.4) is 0 Å². The lowest BCUT2D eigenvalue weighted by molar-refractivity contribution is 0.273. The summed E-state index contributed by atoms with van der Waals surface area (Å²) in [6.45, 7) is 7.00. The summed E-state index contributed by atoms with van der Waals surface area (Å²) in [5.41, 5.74) is 0.755. The first-order valence-electron chi connectivity index (χ1n) is 7.68. The van der Waals surface area contributed by atoms with Crippen LogP contribution in [-0.4, -0.2) is 40.9 Å². The van der Waals surface area contributed by atoms with Crippen molar-refractivity contribution in [2.24, 2.45) is 5.92 Å². The van der Waals surface area contributed by atoms with Crippen molar-refractivity contribution >= 4 is 21.6 Å². The standard InChI is InChI=1S/C15H25BrN4O/c1-11(2)19(3)8-4-7-17-13-9-18-20(10-12-5-6-12)15(21)14(13)16/h9,11-12,17H,4-8,10H2,1-3H3. The maximum Gasteiger partial charge on any atom is 0.283 e. The first kappa shape index (κ1) is 16.5. The topological polar surface area (TPSA) is 50.2 Å². The number of hydrogen-bond acceptors (Lipinski definition) is 4. The van der Waals surface area contributed by atoms with Crippen molar-refractivity contribution in [1.82, 2.24) is 14.7 Å². The Bertz CT molecular complexity index is 525. The second-order valence-corrected chi connectivity index (χ2v) is 6.95. The molecule has 0 saturated heterocycles. The van der Waals surface area contributed by atoms with Gasteiger partial charge in [0.05, 0.1) is 11.9 Å². The first-order chi connectivity index (χ1) is 9.99. The molecule has 5 nitrogen and oxygen atoms in total. The lowest BCUT2D eigenvalue weighted by Gasteiger charge is -2.21. The Morgan fingerprint density at radius 1 is 1.52 bits per heavy atom. The van der Waals surface area contributed by atoms with Gasteiger partial charge < -0.3 is 10.2 Å². The molecule has 1 aromatic rings. The second kappa shape index (κ2) is 7.40. The van der Waals surface area contributed by atoms with Crippen molar-refractivity contribution in [3.63, 3.8) is 0 Å². The summed E-state index contributed by atoms with van der Waals surface area (Å²) in [6, 6.07) is 0.560. The minimum Gasteiger partial charge on any atom is -0.383 e. The molecule has 1 aromatic heterocycles. The molecular formula is C15H25BrN4O. The maximum absolute atomic E-state index is 12.2. The molecule has 0 aromatic carbocycles. The van der Waals surface area contributed by atoms with Crippen LogP contribution in [0.4, 0.5) is 5.69 Å². The van der Waals surface area contributed by atoms with E-state index in [1.807, 2.05) is 0 Å². The summed E-state index contributed by atoms with van der Waals surface area (Å²) in [5.74, 6) is 0.646. The first-order valence-corrected chi connectivity index (χ1v) is 8.48. The summed E-state index contributed by atoms with van der Waals surface area (Å²) >= 11 is 3.40. The quantitative estimate of drug-likeness (QED) is 0.727. The highest BCUT2D eigenvalue weighted by molar-refractivity contribution is 9.10. The van der Waals surface area contributed by atoms with Crippen LogP contribution in [0, 0.1) is 5.92 Å². The van der Waals surface area contributed by atoms with Gasteiger partial charge in [-0.15, -0.1) is 0 Å². The van der Waals surface area contributed by atoms with E-state index >= 15 is 0 Å². The lowest BCUT2D eigenvalue weighted by Crippen LogP contribution is -2.29. The predicted octanol–water partition coefficient (Wildman–Crippen LogP) is 2.56. The Labute approximate surface area is 134 Å². The monoisotopic (exact) mass is 356 g/mol. The van der Waals surface area contributed by atoms with Crippen molar-refractivity contribution in [3.05, 3.63) is 21.0 Å². The SMILES string of the molecule is CC(C)N(C)CCCNc1cnn(CC2CC2)c(=O)c1Br. The minimum absolute atomic E-state index is 0.0359. The number of aromatic nitrogens is 2.